The third-order valence-corrected chi connectivity index (χ3v) is 3.19. The predicted molar refractivity (Wildman–Crippen MR) is 73.3 cm³/mol. The topological polar surface area (TPSA) is 83.4 Å². The molecule has 0 aliphatic carbocycles. The minimum atomic E-state index is -0.205. The van der Waals surface area contributed by atoms with E-state index in [1.165, 1.54) is 0 Å². The first kappa shape index (κ1) is 14.3. The Balaban J connectivity index is 1.99. The lowest BCUT2D eigenvalue weighted by molar-refractivity contribution is -0.120. The third-order valence-electron chi connectivity index (χ3n) is 3.19. The Morgan fingerprint density at radius 1 is 1.55 bits per heavy atom. The van der Waals surface area contributed by atoms with E-state index in [4.69, 9.17) is 14.7 Å². The second kappa shape index (κ2) is 6.89. The van der Waals surface area contributed by atoms with E-state index in [9.17, 15) is 4.79 Å². The zero-order valence-electron chi connectivity index (χ0n) is 11.3. The van der Waals surface area contributed by atoms with Gasteiger partial charge in [0.25, 0.3) is 0 Å². The van der Waals surface area contributed by atoms with Crippen LogP contribution in [0.4, 0.5) is 5.69 Å². The van der Waals surface area contributed by atoms with Gasteiger partial charge < -0.3 is 20.1 Å². The van der Waals surface area contributed by atoms with Gasteiger partial charge in [-0.05, 0) is 19.2 Å². The fraction of sp³-hybridized carbons (Fsp3) is 0.429. The molecule has 1 aliphatic rings. The monoisotopic (exact) mass is 275 g/mol. The molecule has 6 nitrogen and oxygen atoms in total. The van der Waals surface area contributed by atoms with E-state index in [2.05, 4.69) is 10.6 Å². The van der Waals surface area contributed by atoms with E-state index >= 15 is 0 Å². The summed E-state index contributed by atoms with van der Waals surface area (Å²) in [4.78, 5) is 12.2. The first-order valence-corrected chi connectivity index (χ1v) is 6.40. The maximum atomic E-state index is 12.2. The molecule has 1 aromatic rings. The van der Waals surface area contributed by atoms with Crippen molar-refractivity contribution in [3.63, 3.8) is 0 Å². The normalized spacial score (nSPS) is 21.2. The number of hydrogen-bond donors (Lipinski definition) is 2. The molecule has 106 valence electrons. The van der Waals surface area contributed by atoms with Gasteiger partial charge in [-0.15, -0.1) is 0 Å². The summed E-state index contributed by atoms with van der Waals surface area (Å²) in [6.45, 7) is 0.942. The molecule has 0 saturated carbocycles. The molecule has 2 unspecified atom stereocenters. The van der Waals surface area contributed by atoms with Gasteiger partial charge in [-0.25, -0.2) is 0 Å². The number of likely N-dealkylation sites (N-methyl/N-ethyl adjacent to an activating group) is 1. The van der Waals surface area contributed by atoms with Crippen molar-refractivity contribution >= 4 is 11.6 Å². The lowest BCUT2D eigenvalue weighted by atomic mass is 10.0. The highest BCUT2D eigenvalue weighted by molar-refractivity contribution is 5.93. The van der Waals surface area contributed by atoms with Crippen molar-refractivity contribution < 1.29 is 14.3 Å². The number of carbonyl (C=O) groups excluding carboxylic acids is 1. The zero-order chi connectivity index (χ0) is 14.4. The van der Waals surface area contributed by atoms with Crippen LogP contribution in [-0.2, 0) is 9.53 Å². The minimum Gasteiger partial charge on any atom is -0.479 e. The van der Waals surface area contributed by atoms with Crippen LogP contribution < -0.4 is 15.4 Å². The van der Waals surface area contributed by atoms with Crippen LogP contribution in [0.15, 0.2) is 24.3 Å². The molecule has 2 N–H and O–H groups in total. The Labute approximate surface area is 117 Å². The van der Waals surface area contributed by atoms with Crippen LogP contribution in [0.1, 0.15) is 0 Å². The fourth-order valence-electron chi connectivity index (χ4n) is 2.11. The first-order chi connectivity index (χ1) is 9.74. The van der Waals surface area contributed by atoms with Gasteiger partial charge in [-0.1, -0.05) is 6.07 Å². The Kier molecular flexibility index (Phi) is 4.93. The van der Waals surface area contributed by atoms with Gasteiger partial charge in [-0.3, -0.25) is 4.79 Å². The molecule has 0 spiro atoms. The van der Waals surface area contributed by atoms with Gasteiger partial charge >= 0.3 is 0 Å². The first-order valence-electron chi connectivity index (χ1n) is 6.40. The molecule has 0 radical (unpaired) electrons. The Morgan fingerprint density at radius 2 is 2.40 bits per heavy atom. The van der Waals surface area contributed by atoms with Crippen LogP contribution >= 0.6 is 0 Å². The number of nitriles is 1. The second-order valence-electron chi connectivity index (χ2n) is 4.50. The van der Waals surface area contributed by atoms with E-state index in [0.717, 1.165) is 0 Å². The SMILES string of the molecule is CNC1COCC1C(=O)Nc1cccc(OCC#N)c1. The average molecular weight is 275 g/mol. The molecule has 1 amide bonds. The number of hydrogen-bond acceptors (Lipinski definition) is 5. The van der Waals surface area contributed by atoms with Gasteiger partial charge in [0.1, 0.15) is 11.8 Å². The van der Waals surface area contributed by atoms with Crippen LogP contribution in [0.25, 0.3) is 0 Å². The Hall–Kier alpha value is -2.10. The average Bonchev–Trinajstić information content (AvgIpc) is 2.94. The Bertz CT molecular complexity index is 513. The van der Waals surface area contributed by atoms with Crippen LogP contribution in [0, 0.1) is 17.2 Å². The van der Waals surface area contributed by atoms with E-state index < -0.39 is 0 Å². The molecule has 6 heteroatoms. The predicted octanol–water partition coefficient (Wildman–Crippen LogP) is 0.762. The largest absolute Gasteiger partial charge is 0.479 e. The highest BCUT2D eigenvalue weighted by Crippen LogP contribution is 2.20. The summed E-state index contributed by atoms with van der Waals surface area (Å²) < 4.78 is 10.5. The summed E-state index contributed by atoms with van der Waals surface area (Å²) in [6.07, 6.45) is 0. The molecule has 1 aliphatic heterocycles. The van der Waals surface area contributed by atoms with E-state index in [1.807, 2.05) is 13.1 Å². The van der Waals surface area contributed by atoms with Crippen molar-refractivity contribution in [1.29, 1.82) is 5.26 Å². The maximum Gasteiger partial charge on any atom is 0.231 e. The molecule has 1 saturated heterocycles. The van der Waals surface area contributed by atoms with Gasteiger partial charge in [0.15, 0.2) is 6.61 Å². The number of rotatable bonds is 5. The smallest absolute Gasteiger partial charge is 0.231 e. The molecule has 2 atom stereocenters. The van der Waals surface area contributed by atoms with E-state index in [0.29, 0.717) is 24.7 Å². The number of nitrogens with one attached hydrogen (secondary N) is 2. The highest BCUT2D eigenvalue weighted by atomic mass is 16.5. The molecule has 1 fully saturated rings. The molecule has 2 rings (SSSR count). The van der Waals surface area contributed by atoms with Gasteiger partial charge in [0.2, 0.25) is 5.91 Å². The highest BCUT2D eigenvalue weighted by Gasteiger charge is 2.32. The second-order valence-corrected chi connectivity index (χ2v) is 4.50. The maximum absolute atomic E-state index is 12.2. The zero-order valence-corrected chi connectivity index (χ0v) is 11.3. The number of anilines is 1. The summed E-state index contributed by atoms with van der Waals surface area (Å²) in [5.41, 5.74) is 0.646. The van der Waals surface area contributed by atoms with Gasteiger partial charge in [-0.2, -0.15) is 5.26 Å². The van der Waals surface area contributed by atoms with Gasteiger partial charge in [0.05, 0.1) is 19.1 Å². The summed E-state index contributed by atoms with van der Waals surface area (Å²) in [7, 11) is 1.82. The quantitative estimate of drug-likeness (QED) is 0.829. The van der Waals surface area contributed by atoms with E-state index in [1.54, 1.807) is 24.3 Å². The Morgan fingerprint density at radius 3 is 3.15 bits per heavy atom. The summed E-state index contributed by atoms with van der Waals surface area (Å²) >= 11 is 0. The number of amides is 1. The van der Waals surface area contributed by atoms with E-state index in [-0.39, 0.29) is 24.5 Å². The summed E-state index contributed by atoms with van der Waals surface area (Å²) in [5, 5.41) is 14.4. The van der Waals surface area contributed by atoms with Gasteiger partial charge in [0, 0.05) is 17.8 Å². The molecule has 20 heavy (non-hydrogen) atoms. The number of nitrogens with zero attached hydrogens (tertiary/aromatic N) is 1. The lowest BCUT2D eigenvalue weighted by Gasteiger charge is -2.16. The number of benzene rings is 1. The van der Waals surface area contributed by atoms with Crippen LogP contribution in [0.3, 0.4) is 0 Å². The van der Waals surface area contributed by atoms with Crippen LogP contribution in [0.5, 0.6) is 5.75 Å². The van der Waals surface area contributed by atoms with Crippen molar-refractivity contribution in [3.05, 3.63) is 24.3 Å². The third kappa shape index (κ3) is 3.47. The van der Waals surface area contributed by atoms with Crippen molar-refractivity contribution in [1.82, 2.24) is 5.32 Å². The number of ether oxygens (including phenoxy) is 2. The fourth-order valence-corrected chi connectivity index (χ4v) is 2.11. The molecule has 1 heterocycles. The molecule has 0 aromatic heterocycles. The number of carbonyl (C=O) groups is 1. The van der Waals surface area contributed by atoms with Crippen LogP contribution in [-0.4, -0.2) is 38.8 Å². The lowest BCUT2D eigenvalue weighted by Crippen LogP contribution is -2.39. The molecular weight excluding hydrogens is 258 g/mol. The van der Waals surface area contributed by atoms with Crippen molar-refractivity contribution in [2.24, 2.45) is 5.92 Å². The van der Waals surface area contributed by atoms with Crippen molar-refractivity contribution in [3.8, 4) is 11.8 Å². The molecular formula is C14H17N3O3. The molecule has 1 aromatic carbocycles. The van der Waals surface area contributed by atoms with Crippen LogP contribution in [0.2, 0.25) is 0 Å². The standard InChI is InChI=1S/C14H17N3O3/c1-16-13-9-19-8-12(13)14(18)17-10-3-2-4-11(7-10)20-6-5-15/h2-4,7,12-13,16H,6,8-9H2,1H3,(H,17,18). The molecule has 0 bridgehead atoms. The van der Waals surface area contributed by atoms with Crippen molar-refractivity contribution in [2.45, 2.75) is 6.04 Å². The summed E-state index contributed by atoms with van der Waals surface area (Å²) in [5.74, 6) is 0.264. The summed E-state index contributed by atoms with van der Waals surface area (Å²) in [6, 6.07) is 8.91. The minimum absolute atomic E-state index is 0.0182. The van der Waals surface area contributed by atoms with Crippen molar-refractivity contribution in [2.75, 3.05) is 32.2 Å².